The Morgan fingerprint density at radius 1 is 0.854 bits per heavy atom. The van der Waals surface area contributed by atoms with Crippen molar-refractivity contribution in [1.82, 2.24) is 0 Å². The van der Waals surface area contributed by atoms with E-state index in [0.29, 0.717) is 17.3 Å². The van der Waals surface area contributed by atoms with E-state index < -0.39 is 0 Å². The van der Waals surface area contributed by atoms with E-state index in [0.717, 1.165) is 54.8 Å². The molecule has 0 spiro atoms. The van der Waals surface area contributed by atoms with Crippen molar-refractivity contribution in [3.8, 4) is 0 Å². The van der Waals surface area contributed by atoms with Gasteiger partial charge in [-0.2, -0.15) is 0 Å². The Balaban J connectivity index is 1.24. The van der Waals surface area contributed by atoms with Gasteiger partial charge in [0.2, 0.25) is 0 Å². The van der Waals surface area contributed by atoms with Gasteiger partial charge in [-0.25, -0.2) is 0 Å². The number of rotatable bonds is 16. The number of hydrogen-bond acceptors (Lipinski definition) is 2. The van der Waals surface area contributed by atoms with Gasteiger partial charge in [0.15, 0.2) is 0 Å². The van der Waals surface area contributed by atoms with Gasteiger partial charge in [0.25, 0.3) is 0 Å². The van der Waals surface area contributed by atoms with E-state index >= 15 is 0 Å². The summed E-state index contributed by atoms with van der Waals surface area (Å²) in [5, 5.41) is 0. The zero-order valence-corrected chi connectivity index (χ0v) is 28.3. The Bertz CT molecular complexity index is 843. The number of hydrogen-bond donors (Lipinski definition) is 0. The van der Waals surface area contributed by atoms with E-state index in [9.17, 15) is 4.79 Å². The molecule has 4 rings (SSSR count). The van der Waals surface area contributed by atoms with Crippen LogP contribution in [0.2, 0.25) is 0 Å². The van der Waals surface area contributed by atoms with Crippen molar-refractivity contribution in [2.45, 2.75) is 182 Å². The maximum Gasteiger partial charge on any atom is 0.306 e. The van der Waals surface area contributed by atoms with E-state index in [-0.39, 0.29) is 12.1 Å². The normalized spacial score (nSPS) is 35.4. The molecule has 0 unspecified atom stereocenters. The molecule has 0 aromatic rings. The first-order chi connectivity index (χ1) is 19.7. The largest absolute Gasteiger partial charge is 0.462 e. The molecular formula is C39H68O2. The van der Waals surface area contributed by atoms with Gasteiger partial charge in [0, 0.05) is 12.8 Å². The lowest BCUT2D eigenvalue weighted by atomic mass is 9.47. The van der Waals surface area contributed by atoms with E-state index in [1.165, 1.54) is 109 Å². The van der Waals surface area contributed by atoms with Gasteiger partial charge in [0.05, 0.1) is 0 Å². The molecule has 3 saturated carbocycles. The monoisotopic (exact) mass is 569 g/mol. The second-order valence-corrected chi connectivity index (χ2v) is 16.2. The number of allylic oxidation sites excluding steroid dienone is 1. The molecule has 0 aromatic carbocycles. The molecule has 0 heterocycles. The molecule has 236 valence electrons. The van der Waals surface area contributed by atoms with Crippen molar-refractivity contribution >= 4 is 5.97 Å². The maximum absolute atomic E-state index is 12.7. The van der Waals surface area contributed by atoms with Crippen LogP contribution in [0.25, 0.3) is 0 Å². The van der Waals surface area contributed by atoms with E-state index in [2.05, 4.69) is 47.6 Å². The minimum absolute atomic E-state index is 0.0591. The average Bonchev–Trinajstić information content (AvgIpc) is 3.29. The Kier molecular flexibility index (Phi) is 12.3. The van der Waals surface area contributed by atoms with Crippen LogP contribution in [-0.4, -0.2) is 12.1 Å². The molecule has 0 aromatic heterocycles. The number of esters is 1. The first-order valence-corrected chi connectivity index (χ1v) is 18.6. The van der Waals surface area contributed by atoms with Crippen LogP contribution in [0.15, 0.2) is 11.6 Å². The van der Waals surface area contributed by atoms with Gasteiger partial charge >= 0.3 is 5.97 Å². The minimum Gasteiger partial charge on any atom is -0.462 e. The molecule has 4 aliphatic rings. The number of ether oxygens (including phenoxy) is 1. The molecule has 3 fully saturated rings. The Morgan fingerprint density at radius 3 is 2.27 bits per heavy atom. The minimum atomic E-state index is 0.0591. The van der Waals surface area contributed by atoms with Crippen molar-refractivity contribution in [2.75, 3.05) is 0 Å². The highest BCUT2D eigenvalue weighted by atomic mass is 16.5. The lowest BCUT2D eigenvalue weighted by Gasteiger charge is -2.58. The lowest BCUT2D eigenvalue weighted by Crippen LogP contribution is -2.51. The van der Waals surface area contributed by atoms with Crippen molar-refractivity contribution < 1.29 is 9.53 Å². The molecule has 0 radical (unpaired) electrons. The highest BCUT2D eigenvalue weighted by Gasteiger charge is 2.59. The molecule has 0 amide bonds. The fourth-order valence-electron chi connectivity index (χ4n) is 10.6. The molecule has 8 atom stereocenters. The van der Waals surface area contributed by atoms with Crippen molar-refractivity contribution in [3.05, 3.63) is 11.6 Å². The van der Waals surface area contributed by atoms with E-state index in [4.69, 9.17) is 4.74 Å². The number of carbonyl (C=O) groups excluding carboxylic acids is 1. The molecule has 2 nitrogen and oxygen atoms in total. The standard InChI is InChI=1S/C39H68O2/c1-7-8-9-10-11-12-13-14-15-19-37(40)41-32-24-26-38(5)31(28-32)20-21-33-35-23-22-34(30(4)18-16-17-29(2)3)39(35,6)27-25-36(33)38/h20,29-30,32-36H,7-19,21-28H2,1-6H3/t30-,32+,33+,34-,35-,36+,38+,39-/m1/s1. The summed E-state index contributed by atoms with van der Waals surface area (Å²) in [4.78, 5) is 12.7. The molecule has 4 aliphatic carbocycles. The summed E-state index contributed by atoms with van der Waals surface area (Å²) in [6.07, 6.45) is 29.6. The zero-order chi connectivity index (χ0) is 29.5. The van der Waals surface area contributed by atoms with Gasteiger partial charge in [0.1, 0.15) is 6.10 Å². The van der Waals surface area contributed by atoms with Crippen LogP contribution in [0, 0.1) is 46.3 Å². The number of fused-ring (bicyclic) bond motifs is 5. The van der Waals surface area contributed by atoms with Crippen LogP contribution in [0.5, 0.6) is 0 Å². The first kappa shape index (κ1) is 33.1. The summed E-state index contributed by atoms with van der Waals surface area (Å²) >= 11 is 0. The van der Waals surface area contributed by atoms with Crippen LogP contribution in [-0.2, 0) is 9.53 Å². The Hall–Kier alpha value is -0.790. The SMILES string of the molecule is CCCCCCCCCCCC(=O)O[C@H]1CC[C@@]2(C)C(=CC[C@H]3[C@H]4CC[C@H]([C@H](C)CCCC(C)C)[C@@]4(C)CC[C@@H]32)C1. The Labute approximate surface area is 255 Å². The van der Waals surface area contributed by atoms with Gasteiger partial charge < -0.3 is 4.74 Å². The fraction of sp³-hybridized carbons (Fsp3) is 0.923. The number of carbonyl (C=O) groups is 1. The molecule has 0 aliphatic heterocycles. The van der Waals surface area contributed by atoms with Crippen molar-refractivity contribution in [1.29, 1.82) is 0 Å². The topological polar surface area (TPSA) is 26.3 Å². The summed E-state index contributed by atoms with van der Waals surface area (Å²) < 4.78 is 6.09. The predicted octanol–water partition coefficient (Wildman–Crippen LogP) is 11.9. The molecule has 0 bridgehead atoms. The van der Waals surface area contributed by atoms with Gasteiger partial charge in [-0.1, -0.05) is 124 Å². The summed E-state index contributed by atoms with van der Waals surface area (Å²) in [6.45, 7) is 14.9. The van der Waals surface area contributed by atoms with Crippen molar-refractivity contribution in [2.24, 2.45) is 46.3 Å². The highest BCUT2D eigenvalue weighted by molar-refractivity contribution is 5.69. The lowest BCUT2D eigenvalue weighted by molar-refractivity contribution is -0.151. The second-order valence-electron chi connectivity index (χ2n) is 16.2. The van der Waals surface area contributed by atoms with Gasteiger partial charge in [-0.05, 0) is 97.7 Å². The van der Waals surface area contributed by atoms with Crippen LogP contribution in [0.1, 0.15) is 176 Å². The smallest absolute Gasteiger partial charge is 0.306 e. The van der Waals surface area contributed by atoms with E-state index in [1.807, 2.05) is 0 Å². The summed E-state index contributed by atoms with van der Waals surface area (Å²) in [7, 11) is 0. The molecule has 0 N–H and O–H groups in total. The van der Waals surface area contributed by atoms with Crippen LogP contribution < -0.4 is 0 Å². The summed E-state index contributed by atoms with van der Waals surface area (Å²) in [5.41, 5.74) is 2.54. The quantitative estimate of drug-likeness (QED) is 0.105. The fourth-order valence-corrected chi connectivity index (χ4v) is 10.6. The van der Waals surface area contributed by atoms with Crippen LogP contribution in [0.4, 0.5) is 0 Å². The van der Waals surface area contributed by atoms with E-state index in [1.54, 1.807) is 5.57 Å². The Morgan fingerprint density at radius 2 is 1.56 bits per heavy atom. The first-order valence-electron chi connectivity index (χ1n) is 18.6. The van der Waals surface area contributed by atoms with Gasteiger partial charge in [-0.15, -0.1) is 0 Å². The third-order valence-electron chi connectivity index (χ3n) is 13.0. The zero-order valence-electron chi connectivity index (χ0n) is 28.3. The third kappa shape index (κ3) is 8.03. The van der Waals surface area contributed by atoms with Gasteiger partial charge in [-0.3, -0.25) is 4.79 Å². The second kappa shape index (κ2) is 15.3. The summed E-state index contributed by atoms with van der Waals surface area (Å²) in [5.74, 6) is 5.34. The predicted molar refractivity (Wildman–Crippen MR) is 175 cm³/mol. The number of unbranched alkanes of at least 4 members (excludes halogenated alkanes) is 8. The molecule has 41 heavy (non-hydrogen) atoms. The highest BCUT2D eigenvalue weighted by Crippen LogP contribution is 2.67. The average molecular weight is 569 g/mol. The maximum atomic E-state index is 12.7. The van der Waals surface area contributed by atoms with Crippen molar-refractivity contribution in [3.63, 3.8) is 0 Å². The molecular weight excluding hydrogens is 500 g/mol. The van der Waals surface area contributed by atoms with Crippen LogP contribution in [0.3, 0.4) is 0 Å². The van der Waals surface area contributed by atoms with Crippen LogP contribution >= 0.6 is 0 Å². The third-order valence-corrected chi connectivity index (χ3v) is 13.0. The molecule has 0 saturated heterocycles. The summed E-state index contributed by atoms with van der Waals surface area (Å²) in [6, 6.07) is 0. The molecule has 2 heteroatoms.